The zero-order valence-corrected chi connectivity index (χ0v) is 13.2. The van der Waals surface area contributed by atoms with E-state index in [1.165, 1.54) is 31.2 Å². The molecule has 1 aromatic carbocycles. The van der Waals surface area contributed by atoms with Gasteiger partial charge >= 0.3 is 12.1 Å². The summed E-state index contributed by atoms with van der Waals surface area (Å²) < 4.78 is 45.1. The van der Waals surface area contributed by atoms with E-state index < -0.39 is 34.9 Å². The fraction of sp³-hybridized carbons (Fsp3) is 0.429. The van der Waals surface area contributed by atoms with Gasteiger partial charge in [-0.2, -0.15) is 13.2 Å². The van der Waals surface area contributed by atoms with E-state index in [1.807, 2.05) is 0 Å². The van der Waals surface area contributed by atoms with Crippen molar-refractivity contribution in [1.29, 1.82) is 0 Å². The predicted octanol–water partition coefficient (Wildman–Crippen LogP) is 1.34. The number of rotatable bonds is 3. The zero-order valence-electron chi connectivity index (χ0n) is 12.4. The Bertz CT molecular complexity index is 655. The van der Waals surface area contributed by atoms with Crippen LogP contribution < -0.4 is 10.6 Å². The standard InChI is InChI=1S/C14H15F3N2O4S/c1-2-23-11(21)9-10(7-4-3-5-8(20)6-7)18-12(24)19-13(9,22)14(15,16)17/h3-6,9-10,20,22H,2H2,1H3,(H2,18,19,24)/t9-,10+,13+/m1/s1. The molecule has 1 fully saturated rings. The van der Waals surface area contributed by atoms with Crippen molar-refractivity contribution in [3.8, 4) is 5.75 Å². The molecule has 3 atom stereocenters. The maximum absolute atomic E-state index is 13.5. The Morgan fingerprint density at radius 3 is 2.67 bits per heavy atom. The van der Waals surface area contributed by atoms with Gasteiger partial charge in [-0.15, -0.1) is 0 Å². The minimum Gasteiger partial charge on any atom is -0.508 e. The van der Waals surface area contributed by atoms with Crippen molar-refractivity contribution < 1.29 is 32.9 Å². The van der Waals surface area contributed by atoms with Crippen molar-refractivity contribution >= 4 is 23.3 Å². The first-order chi connectivity index (χ1) is 11.1. The normalized spacial score (nSPS) is 27.1. The molecule has 4 N–H and O–H groups in total. The highest BCUT2D eigenvalue weighted by Crippen LogP contribution is 2.43. The average molecular weight is 364 g/mol. The van der Waals surface area contributed by atoms with E-state index in [4.69, 9.17) is 17.0 Å². The maximum atomic E-state index is 13.5. The van der Waals surface area contributed by atoms with Gasteiger partial charge < -0.3 is 25.6 Å². The number of carbonyl (C=O) groups excluding carboxylic acids is 1. The molecule has 0 bridgehead atoms. The topological polar surface area (TPSA) is 90.8 Å². The van der Waals surface area contributed by atoms with Crippen LogP contribution in [0.4, 0.5) is 13.2 Å². The zero-order chi connectivity index (χ0) is 18.1. The van der Waals surface area contributed by atoms with Crippen LogP contribution in [0.3, 0.4) is 0 Å². The summed E-state index contributed by atoms with van der Waals surface area (Å²) in [6, 6.07) is 3.93. The largest absolute Gasteiger partial charge is 0.508 e. The molecule has 0 saturated carbocycles. The third kappa shape index (κ3) is 3.24. The molecule has 24 heavy (non-hydrogen) atoms. The third-order valence-corrected chi connectivity index (χ3v) is 3.80. The van der Waals surface area contributed by atoms with Gasteiger partial charge in [0.25, 0.3) is 5.72 Å². The molecule has 1 heterocycles. The van der Waals surface area contributed by atoms with Crippen LogP contribution in [0, 0.1) is 5.92 Å². The number of aromatic hydroxyl groups is 1. The molecule has 6 nitrogen and oxygen atoms in total. The quantitative estimate of drug-likeness (QED) is 0.475. The highest BCUT2D eigenvalue weighted by molar-refractivity contribution is 7.80. The van der Waals surface area contributed by atoms with E-state index in [-0.39, 0.29) is 17.9 Å². The summed E-state index contributed by atoms with van der Waals surface area (Å²) in [5.74, 6) is -3.55. The molecule has 132 valence electrons. The van der Waals surface area contributed by atoms with Gasteiger partial charge in [-0.3, -0.25) is 4.79 Å². The molecule has 1 aliphatic rings. The molecule has 0 aromatic heterocycles. The van der Waals surface area contributed by atoms with Gasteiger partial charge in [0.2, 0.25) is 0 Å². The SMILES string of the molecule is CCOC(=O)[C@H]1[C@H](c2cccc(O)c2)NC(=S)N[C@@]1(O)C(F)(F)F. The van der Waals surface area contributed by atoms with Gasteiger partial charge in [-0.05, 0) is 36.8 Å². The Morgan fingerprint density at radius 1 is 1.46 bits per heavy atom. The molecule has 10 heteroatoms. The summed E-state index contributed by atoms with van der Waals surface area (Å²) in [6.07, 6.45) is -5.20. The summed E-state index contributed by atoms with van der Waals surface area (Å²) >= 11 is 4.74. The molecule has 0 radical (unpaired) electrons. The molecular formula is C14H15F3N2O4S. The number of phenols is 1. The first-order valence-corrected chi connectivity index (χ1v) is 7.34. The lowest BCUT2D eigenvalue weighted by molar-refractivity contribution is -0.292. The van der Waals surface area contributed by atoms with Crippen LogP contribution in [0.1, 0.15) is 18.5 Å². The Labute approximate surface area is 140 Å². The van der Waals surface area contributed by atoms with E-state index in [2.05, 4.69) is 5.32 Å². The van der Waals surface area contributed by atoms with Crippen LogP contribution in [0.25, 0.3) is 0 Å². The number of thiocarbonyl (C=S) groups is 1. The van der Waals surface area contributed by atoms with Crippen molar-refractivity contribution in [2.24, 2.45) is 5.92 Å². The summed E-state index contributed by atoms with van der Waals surface area (Å²) in [5.41, 5.74) is -3.47. The Balaban J connectivity index is 2.57. The summed E-state index contributed by atoms with van der Waals surface area (Å²) in [4.78, 5) is 12.2. The molecule has 2 rings (SSSR count). The minimum atomic E-state index is -5.20. The summed E-state index contributed by atoms with van der Waals surface area (Å²) in [6.45, 7) is 1.27. The Hall–Kier alpha value is -2.07. The van der Waals surface area contributed by atoms with E-state index in [0.29, 0.717) is 0 Å². The van der Waals surface area contributed by atoms with Gasteiger partial charge in [0, 0.05) is 0 Å². The fourth-order valence-electron chi connectivity index (χ4n) is 2.53. The number of nitrogens with one attached hydrogen (secondary N) is 2. The van der Waals surface area contributed by atoms with E-state index in [0.717, 1.165) is 0 Å². The predicted molar refractivity (Wildman–Crippen MR) is 80.8 cm³/mol. The molecule has 1 saturated heterocycles. The van der Waals surface area contributed by atoms with Crippen LogP contribution in [-0.2, 0) is 9.53 Å². The third-order valence-electron chi connectivity index (χ3n) is 3.58. The molecule has 1 aliphatic heterocycles. The van der Waals surface area contributed by atoms with Crippen LogP contribution in [0.15, 0.2) is 24.3 Å². The van der Waals surface area contributed by atoms with Crippen molar-refractivity contribution in [2.45, 2.75) is 24.9 Å². The fourth-order valence-corrected chi connectivity index (χ4v) is 2.82. The Kier molecular flexibility index (Phi) is 4.90. The second kappa shape index (κ2) is 6.44. The second-order valence-corrected chi connectivity index (χ2v) is 5.57. The molecule has 0 aliphatic carbocycles. The smallest absolute Gasteiger partial charge is 0.437 e. The number of halogens is 3. The van der Waals surface area contributed by atoms with Crippen LogP contribution >= 0.6 is 12.2 Å². The van der Waals surface area contributed by atoms with E-state index >= 15 is 0 Å². The maximum Gasteiger partial charge on any atom is 0.437 e. The number of ether oxygens (including phenoxy) is 1. The Morgan fingerprint density at radius 2 is 2.12 bits per heavy atom. The number of hydrogen-bond donors (Lipinski definition) is 4. The number of phenolic OH excluding ortho intramolecular Hbond substituents is 1. The minimum absolute atomic E-state index is 0.138. The van der Waals surface area contributed by atoms with Gasteiger partial charge in [-0.1, -0.05) is 12.1 Å². The lowest BCUT2D eigenvalue weighted by atomic mass is 9.82. The van der Waals surface area contributed by atoms with Crippen LogP contribution in [0.2, 0.25) is 0 Å². The first kappa shape index (κ1) is 18.3. The number of aliphatic hydroxyl groups is 1. The van der Waals surface area contributed by atoms with Gasteiger partial charge in [0.05, 0.1) is 12.6 Å². The molecule has 1 aromatic rings. The second-order valence-electron chi connectivity index (χ2n) is 5.16. The summed E-state index contributed by atoms with van der Waals surface area (Å²) in [5, 5.41) is 23.5. The number of alkyl halides is 3. The molecule has 0 unspecified atom stereocenters. The number of hydrogen-bond acceptors (Lipinski definition) is 5. The highest BCUT2D eigenvalue weighted by atomic mass is 32.1. The monoisotopic (exact) mass is 364 g/mol. The van der Waals surface area contributed by atoms with Gasteiger partial charge in [0.15, 0.2) is 5.11 Å². The van der Waals surface area contributed by atoms with Crippen molar-refractivity contribution in [3.05, 3.63) is 29.8 Å². The number of benzene rings is 1. The molecule has 0 amide bonds. The highest BCUT2D eigenvalue weighted by Gasteiger charge is 2.66. The lowest BCUT2D eigenvalue weighted by Gasteiger charge is -2.45. The van der Waals surface area contributed by atoms with E-state index in [1.54, 1.807) is 5.32 Å². The van der Waals surface area contributed by atoms with Crippen molar-refractivity contribution in [2.75, 3.05) is 6.61 Å². The number of carbonyl (C=O) groups is 1. The number of esters is 1. The first-order valence-electron chi connectivity index (χ1n) is 6.93. The molecule has 0 spiro atoms. The average Bonchev–Trinajstić information content (AvgIpc) is 2.45. The van der Waals surface area contributed by atoms with Crippen LogP contribution in [0.5, 0.6) is 5.75 Å². The van der Waals surface area contributed by atoms with E-state index in [9.17, 15) is 28.2 Å². The molecular weight excluding hydrogens is 349 g/mol. The van der Waals surface area contributed by atoms with Crippen molar-refractivity contribution in [1.82, 2.24) is 10.6 Å². The summed E-state index contributed by atoms with van der Waals surface area (Å²) in [7, 11) is 0. The van der Waals surface area contributed by atoms with Gasteiger partial charge in [-0.25, -0.2) is 0 Å². The van der Waals surface area contributed by atoms with Crippen LogP contribution in [-0.4, -0.2) is 39.8 Å². The lowest BCUT2D eigenvalue weighted by Crippen LogP contribution is -2.73. The van der Waals surface area contributed by atoms with Crippen molar-refractivity contribution in [3.63, 3.8) is 0 Å². The van der Waals surface area contributed by atoms with Gasteiger partial charge in [0.1, 0.15) is 11.7 Å².